The van der Waals surface area contributed by atoms with Gasteiger partial charge in [-0.05, 0) is 37.6 Å². The van der Waals surface area contributed by atoms with E-state index in [1.165, 1.54) is 31.4 Å². The zero-order valence-corrected chi connectivity index (χ0v) is 17.6. The van der Waals surface area contributed by atoms with Crippen LogP contribution in [0.3, 0.4) is 0 Å². The van der Waals surface area contributed by atoms with Gasteiger partial charge in [0.2, 0.25) is 0 Å². The lowest BCUT2D eigenvalue weighted by molar-refractivity contribution is -0.384. The van der Waals surface area contributed by atoms with E-state index in [4.69, 9.17) is 4.74 Å². The van der Waals surface area contributed by atoms with E-state index in [-0.39, 0.29) is 16.8 Å². The second kappa shape index (κ2) is 9.14. The lowest BCUT2D eigenvalue weighted by Crippen LogP contribution is -2.29. The van der Waals surface area contributed by atoms with Crippen molar-refractivity contribution in [1.29, 1.82) is 5.26 Å². The van der Waals surface area contributed by atoms with Crippen LogP contribution in [0.15, 0.2) is 71.1 Å². The van der Waals surface area contributed by atoms with E-state index >= 15 is 0 Å². The molecule has 1 heterocycles. The monoisotopic (exact) mass is 432 g/mol. The van der Waals surface area contributed by atoms with Crippen LogP contribution >= 0.6 is 0 Å². The Labute approximate surface area is 184 Å². The summed E-state index contributed by atoms with van der Waals surface area (Å²) < 4.78 is 4.95. The SMILES string of the molecule is COC(=O)C1=C(C)NC(C)=C(C#N)C1c1ccccc1NC(=O)c1ccc([N+](=O)[O-])cc1. The minimum atomic E-state index is -0.748. The number of carbonyl (C=O) groups is 2. The van der Waals surface area contributed by atoms with Gasteiger partial charge >= 0.3 is 5.97 Å². The Balaban J connectivity index is 2.05. The van der Waals surface area contributed by atoms with Crippen molar-refractivity contribution < 1.29 is 19.2 Å². The van der Waals surface area contributed by atoms with Gasteiger partial charge in [0, 0.05) is 34.8 Å². The highest BCUT2D eigenvalue weighted by Gasteiger charge is 2.35. The predicted octanol–water partition coefficient (Wildman–Crippen LogP) is 3.78. The van der Waals surface area contributed by atoms with E-state index in [9.17, 15) is 25.0 Å². The number of amides is 1. The summed E-state index contributed by atoms with van der Waals surface area (Å²) in [5, 5.41) is 26.5. The van der Waals surface area contributed by atoms with Crippen LogP contribution in [0.25, 0.3) is 0 Å². The van der Waals surface area contributed by atoms with Crippen LogP contribution in [0.2, 0.25) is 0 Å². The third-order valence-electron chi connectivity index (χ3n) is 5.15. The molecule has 0 radical (unpaired) electrons. The summed E-state index contributed by atoms with van der Waals surface area (Å²) in [5.74, 6) is -1.82. The van der Waals surface area contributed by atoms with Gasteiger partial charge in [0.15, 0.2) is 0 Å². The summed E-state index contributed by atoms with van der Waals surface area (Å²) in [6.45, 7) is 3.45. The van der Waals surface area contributed by atoms with Gasteiger partial charge in [-0.3, -0.25) is 14.9 Å². The average Bonchev–Trinajstić information content (AvgIpc) is 2.78. The number of nitrogens with zero attached hydrogens (tertiary/aromatic N) is 2. The molecule has 3 rings (SSSR count). The van der Waals surface area contributed by atoms with Gasteiger partial charge in [-0.1, -0.05) is 18.2 Å². The van der Waals surface area contributed by atoms with Crippen LogP contribution in [0, 0.1) is 21.4 Å². The Kier molecular flexibility index (Phi) is 6.35. The molecule has 1 unspecified atom stereocenters. The number of hydrogen-bond acceptors (Lipinski definition) is 7. The van der Waals surface area contributed by atoms with Crippen LogP contribution in [-0.4, -0.2) is 23.9 Å². The van der Waals surface area contributed by atoms with Gasteiger partial charge in [0.25, 0.3) is 11.6 Å². The predicted molar refractivity (Wildman–Crippen MR) is 116 cm³/mol. The van der Waals surface area contributed by atoms with Gasteiger partial charge < -0.3 is 15.4 Å². The molecule has 1 atom stereocenters. The largest absolute Gasteiger partial charge is 0.466 e. The van der Waals surface area contributed by atoms with Crippen molar-refractivity contribution in [3.8, 4) is 6.07 Å². The first-order valence-corrected chi connectivity index (χ1v) is 9.60. The van der Waals surface area contributed by atoms with Crippen molar-refractivity contribution in [1.82, 2.24) is 5.32 Å². The number of rotatable bonds is 5. The normalized spacial score (nSPS) is 15.5. The van der Waals surface area contributed by atoms with E-state index in [0.29, 0.717) is 28.2 Å². The Morgan fingerprint density at radius 1 is 1.12 bits per heavy atom. The number of nitro groups is 1. The number of non-ortho nitro benzene ring substituents is 1. The molecule has 1 aliphatic heterocycles. The average molecular weight is 432 g/mol. The number of nitro benzene ring substituents is 1. The second-order valence-corrected chi connectivity index (χ2v) is 7.08. The molecule has 0 fully saturated rings. The number of carbonyl (C=O) groups excluding carboxylic acids is 2. The maximum atomic E-state index is 12.8. The maximum absolute atomic E-state index is 12.8. The quantitative estimate of drug-likeness (QED) is 0.417. The zero-order valence-electron chi connectivity index (χ0n) is 17.6. The number of benzene rings is 2. The molecule has 0 bridgehead atoms. The fourth-order valence-corrected chi connectivity index (χ4v) is 3.63. The number of methoxy groups -OCH3 is 1. The standard InChI is InChI=1S/C23H20N4O5/c1-13-18(12-24)21(20(14(2)25-13)23(29)32-3)17-6-4-5-7-19(17)26-22(28)15-8-10-16(11-9-15)27(30)31/h4-11,21,25H,1-3H3,(H,26,28). The molecule has 0 aliphatic carbocycles. The van der Waals surface area contributed by atoms with Gasteiger partial charge in [0.05, 0.1) is 35.2 Å². The maximum Gasteiger partial charge on any atom is 0.336 e. The van der Waals surface area contributed by atoms with Crippen LogP contribution in [0.4, 0.5) is 11.4 Å². The van der Waals surface area contributed by atoms with Crippen LogP contribution in [-0.2, 0) is 9.53 Å². The summed E-state index contributed by atoms with van der Waals surface area (Å²) in [6.07, 6.45) is 0. The van der Waals surface area contributed by atoms with Crippen molar-refractivity contribution in [2.75, 3.05) is 12.4 Å². The second-order valence-electron chi connectivity index (χ2n) is 7.08. The van der Waals surface area contributed by atoms with Crippen LogP contribution in [0.5, 0.6) is 0 Å². The van der Waals surface area contributed by atoms with Crippen molar-refractivity contribution >= 4 is 23.3 Å². The van der Waals surface area contributed by atoms with Gasteiger partial charge in [-0.25, -0.2) is 4.79 Å². The molecular weight excluding hydrogens is 412 g/mol. The number of hydrogen-bond donors (Lipinski definition) is 2. The minimum Gasteiger partial charge on any atom is -0.466 e. The molecule has 1 aliphatic rings. The molecule has 9 heteroatoms. The molecule has 1 amide bonds. The topological polar surface area (TPSA) is 134 Å². The van der Waals surface area contributed by atoms with Crippen molar-refractivity contribution in [2.45, 2.75) is 19.8 Å². The number of para-hydroxylation sites is 1. The summed E-state index contributed by atoms with van der Waals surface area (Å²) >= 11 is 0. The summed E-state index contributed by atoms with van der Waals surface area (Å²) in [4.78, 5) is 35.7. The van der Waals surface area contributed by atoms with Crippen molar-refractivity contribution in [3.63, 3.8) is 0 Å². The fourth-order valence-electron chi connectivity index (χ4n) is 3.63. The number of dihydropyridines is 1. The number of ether oxygens (including phenoxy) is 1. The number of nitrogens with one attached hydrogen (secondary N) is 2. The smallest absolute Gasteiger partial charge is 0.336 e. The molecule has 0 aromatic heterocycles. The molecule has 2 aromatic rings. The molecule has 0 spiro atoms. The Morgan fingerprint density at radius 2 is 1.78 bits per heavy atom. The highest BCUT2D eigenvalue weighted by Crippen LogP contribution is 2.41. The summed E-state index contributed by atoms with van der Waals surface area (Å²) in [6, 6.07) is 14.2. The van der Waals surface area contributed by atoms with E-state index in [1.54, 1.807) is 38.1 Å². The first kappa shape index (κ1) is 22.2. The molecule has 0 saturated heterocycles. The lowest BCUT2D eigenvalue weighted by atomic mass is 9.80. The number of nitriles is 1. The van der Waals surface area contributed by atoms with Crippen LogP contribution in [0.1, 0.15) is 35.7 Å². The third-order valence-corrected chi connectivity index (χ3v) is 5.15. The molecule has 0 saturated carbocycles. The lowest BCUT2D eigenvalue weighted by Gasteiger charge is -2.29. The Bertz CT molecular complexity index is 1210. The first-order valence-electron chi connectivity index (χ1n) is 9.60. The number of anilines is 1. The van der Waals surface area contributed by atoms with Crippen molar-refractivity contribution in [3.05, 3.63) is 92.3 Å². The molecule has 2 aromatic carbocycles. The highest BCUT2D eigenvalue weighted by atomic mass is 16.6. The van der Waals surface area contributed by atoms with Gasteiger partial charge in [-0.15, -0.1) is 0 Å². The zero-order chi connectivity index (χ0) is 23.4. The Hall–Kier alpha value is -4.45. The van der Waals surface area contributed by atoms with Gasteiger partial charge in [0.1, 0.15) is 0 Å². The Morgan fingerprint density at radius 3 is 2.38 bits per heavy atom. The molecule has 32 heavy (non-hydrogen) atoms. The number of allylic oxidation sites excluding steroid dienone is 3. The third kappa shape index (κ3) is 4.20. The number of esters is 1. The van der Waals surface area contributed by atoms with Crippen molar-refractivity contribution in [2.24, 2.45) is 0 Å². The van der Waals surface area contributed by atoms with E-state index in [1.807, 2.05) is 0 Å². The van der Waals surface area contributed by atoms with E-state index in [0.717, 1.165) is 0 Å². The summed E-state index contributed by atoms with van der Waals surface area (Å²) in [5.41, 5.74) is 2.79. The van der Waals surface area contributed by atoms with E-state index < -0.39 is 22.7 Å². The van der Waals surface area contributed by atoms with Crippen LogP contribution < -0.4 is 10.6 Å². The van der Waals surface area contributed by atoms with E-state index in [2.05, 4.69) is 16.7 Å². The first-order chi connectivity index (χ1) is 15.3. The molecule has 2 N–H and O–H groups in total. The molecule has 162 valence electrons. The fraction of sp³-hybridized carbons (Fsp3) is 0.174. The summed E-state index contributed by atoms with van der Waals surface area (Å²) in [7, 11) is 1.26. The van der Waals surface area contributed by atoms with Gasteiger partial charge in [-0.2, -0.15) is 5.26 Å². The minimum absolute atomic E-state index is 0.126. The molecule has 9 nitrogen and oxygen atoms in total. The highest BCUT2D eigenvalue weighted by molar-refractivity contribution is 6.05. The molecular formula is C23H20N4O5.